The predicted molar refractivity (Wildman–Crippen MR) is 87.1 cm³/mol. The van der Waals surface area contributed by atoms with Crippen LogP contribution in [0.2, 0.25) is 0 Å². The van der Waals surface area contributed by atoms with Crippen LogP contribution in [0.5, 0.6) is 5.88 Å². The number of carboxylic acid groups (broad SMARTS) is 1. The molecule has 7 nitrogen and oxygen atoms in total. The molecule has 24 heavy (non-hydrogen) atoms. The SMILES string of the molecule is CCC(C)Oc1cc(C(=O)N2CC(OC)CC2CC(=O)O)ccn1. The normalized spacial score (nSPS) is 21.5. The van der Waals surface area contributed by atoms with Gasteiger partial charge in [0.05, 0.1) is 18.6 Å². The van der Waals surface area contributed by atoms with Gasteiger partial charge < -0.3 is 19.5 Å². The second kappa shape index (κ2) is 8.10. The fourth-order valence-corrected chi connectivity index (χ4v) is 2.75. The number of methoxy groups -OCH3 is 1. The zero-order valence-electron chi connectivity index (χ0n) is 14.3. The van der Waals surface area contributed by atoms with Crippen molar-refractivity contribution in [3.63, 3.8) is 0 Å². The summed E-state index contributed by atoms with van der Waals surface area (Å²) in [6.07, 6.45) is 2.66. The molecule has 0 aliphatic carbocycles. The van der Waals surface area contributed by atoms with Crippen LogP contribution >= 0.6 is 0 Å². The topological polar surface area (TPSA) is 89.0 Å². The van der Waals surface area contributed by atoms with Crippen LogP contribution in [0.3, 0.4) is 0 Å². The van der Waals surface area contributed by atoms with E-state index in [1.807, 2.05) is 13.8 Å². The highest BCUT2D eigenvalue weighted by molar-refractivity contribution is 5.95. The lowest BCUT2D eigenvalue weighted by atomic mass is 10.1. The molecule has 1 saturated heterocycles. The first kappa shape index (κ1) is 18.2. The molecule has 7 heteroatoms. The molecule has 0 saturated carbocycles. The number of carbonyl (C=O) groups excluding carboxylic acids is 1. The van der Waals surface area contributed by atoms with Crippen LogP contribution in [0.4, 0.5) is 0 Å². The molecule has 1 aromatic heterocycles. The Hall–Kier alpha value is -2.15. The standard InChI is InChI=1S/C17H24N2O5/c1-4-11(2)24-15-7-12(5-6-18-15)17(22)19-10-14(23-3)8-13(19)9-16(20)21/h5-7,11,13-14H,4,8-10H2,1-3H3,(H,20,21). The van der Waals surface area contributed by atoms with E-state index >= 15 is 0 Å². The molecule has 1 fully saturated rings. The van der Waals surface area contributed by atoms with E-state index in [4.69, 9.17) is 14.6 Å². The molecule has 0 bridgehead atoms. The van der Waals surface area contributed by atoms with E-state index in [0.29, 0.717) is 24.4 Å². The zero-order chi connectivity index (χ0) is 17.7. The van der Waals surface area contributed by atoms with Gasteiger partial charge >= 0.3 is 5.97 Å². The summed E-state index contributed by atoms with van der Waals surface area (Å²) in [6.45, 7) is 4.32. The number of nitrogens with zero attached hydrogens (tertiary/aromatic N) is 2. The molecule has 132 valence electrons. The predicted octanol–water partition coefficient (Wildman–Crippen LogP) is 1.96. The number of carboxylic acids is 1. The Balaban J connectivity index is 2.16. The summed E-state index contributed by atoms with van der Waals surface area (Å²) in [5, 5.41) is 9.06. The number of amides is 1. The molecule has 0 radical (unpaired) electrons. The first-order chi connectivity index (χ1) is 11.4. The highest BCUT2D eigenvalue weighted by Crippen LogP contribution is 2.25. The van der Waals surface area contributed by atoms with Gasteiger partial charge in [-0.25, -0.2) is 4.98 Å². The third kappa shape index (κ3) is 4.44. The first-order valence-corrected chi connectivity index (χ1v) is 8.12. The van der Waals surface area contributed by atoms with Gasteiger partial charge in [-0.3, -0.25) is 9.59 Å². The van der Waals surface area contributed by atoms with Crippen molar-refractivity contribution in [3.8, 4) is 5.88 Å². The quantitative estimate of drug-likeness (QED) is 0.819. The van der Waals surface area contributed by atoms with E-state index in [9.17, 15) is 9.59 Å². The van der Waals surface area contributed by atoms with Crippen molar-refractivity contribution in [1.29, 1.82) is 0 Å². The molecule has 3 unspecified atom stereocenters. The fourth-order valence-electron chi connectivity index (χ4n) is 2.75. The van der Waals surface area contributed by atoms with E-state index < -0.39 is 5.97 Å². The number of hydrogen-bond acceptors (Lipinski definition) is 5. The summed E-state index contributed by atoms with van der Waals surface area (Å²) in [4.78, 5) is 29.6. The monoisotopic (exact) mass is 336 g/mol. The van der Waals surface area contributed by atoms with Gasteiger partial charge in [0.15, 0.2) is 0 Å². The summed E-state index contributed by atoms with van der Waals surface area (Å²) in [6, 6.07) is 2.85. The zero-order valence-corrected chi connectivity index (χ0v) is 14.3. The molecule has 3 atom stereocenters. The Kier molecular flexibility index (Phi) is 6.14. The maximum atomic E-state index is 12.8. The van der Waals surface area contributed by atoms with Crippen molar-refractivity contribution in [1.82, 2.24) is 9.88 Å². The third-order valence-electron chi connectivity index (χ3n) is 4.26. The number of aromatic nitrogens is 1. The van der Waals surface area contributed by atoms with Crippen LogP contribution < -0.4 is 4.74 Å². The fraction of sp³-hybridized carbons (Fsp3) is 0.588. The second-order valence-electron chi connectivity index (χ2n) is 6.02. The van der Waals surface area contributed by atoms with Gasteiger partial charge in [-0.15, -0.1) is 0 Å². The third-order valence-corrected chi connectivity index (χ3v) is 4.26. The molecule has 0 aromatic carbocycles. The maximum Gasteiger partial charge on any atom is 0.305 e. The lowest BCUT2D eigenvalue weighted by Gasteiger charge is -2.23. The van der Waals surface area contributed by atoms with Gasteiger partial charge in [-0.05, 0) is 25.8 Å². The molecule has 1 aliphatic heterocycles. The molecule has 1 aliphatic rings. The number of carbonyl (C=O) groups is 2. The van der Waals surface area contributed by atoms with Crippen LogP contribution in [0.1, 0.15) is 43.5 Å². The van der Waals surface area contributed by atoms with Crippen molar-refractivity contribution >= 4 is 11.9 Å². The number of aliphatic carboxylic acids is 1. The highest BCUT2D eigenvalue weighted by atomic mass is 16.5. The number of likely N-dealkylation sites (tertiary alicyclic amines) is 1. The minimum absolute atomic E-state index is 0.00673. The van der Waals surface area contributed by atoms with Crippen LogP contribution in [0.25, 0.3) is 0 Å². The molecule has 1 aromatic rings. The van der Waals surface area contributed by atoms with E-state index in [1.165, 1.54) is 6.20 Å². The Morgan fingerprint density at radius 3 is 2.88 bits per heavy atom. The molecule has 2 rings (SSSR count). The van der Waals surface area contributed by atoms with Gasteiger partial charge in [-0.1, -0.05) is 6.92 Å². The first-order valence-electron chi connectivity index (χ1n) is 8.12. The minimum atomic E-state index is -0.926. The number of ether oxygens (including phenoxy) is 2. The summed E-state index contributed by atoms with van der Waals surface area (Å²) in [5.74, 6) is -0.755. The minimum Gasteiger partial charge on any atom is -0.481 e. The average molecular weight is 336 g/mol. The summed E-state index contributed by atoms with van der Waals surface area (Å²) >= 11 is 0. The second-order valence-corrected chi connectivity index (χ2v) is 6.02. The summed E-state index contributed by atoms with van der Waals surface area (Å²) < 4.78 is 11.0. The molecule has 1 N–H and O–H groups in total. The lowest BCUT2D eigenvalue weighted by Crippen LogP contribution is -2.37. The van der Waals surface area contributed by atoms with E-state index in [1.54, 1.807) is 24.1 Å². The Labute approximate surface area is 141 Å². The van der Waals surface area contributed by atoms with E-state index in [2.05, 4.69) is 4.98 Å². The van der Waals surface area contributed by atoms with Gasteiger partial charge in [0.2, 0.25) is 5.88 Å². The van der Waals surface area contributed by atoms with E-state index in [0.717, 1.165) is 6.42 Å². The van der Waals surface area contributed by atoms with Crippen molar-refractivity contribution in [3.05, 3.63) is 23.9 Å². The average Bonchev–Trinajstić information content (AvgIpc) is 2.96. The molecular weight excluding hydrogens is 312 g/mol. The van der Waals surface area contributed by atoms with Crippen LogP contribution in [-0.4, -0.2) is 58.8 Å². The summed E-state index contributed by atoms with van der Waals surface area (Å²) in [7, 11) is 1.57. The van der Waals surface area contributed by atoms with Crippen molar-refractivity contribution in [2.24, 2.45) is 0 Å². The molecule has 0 spiro atoms. The van der Waals surface area contributed by atoms with Gasteiger partial charge in [0.25, 0.3) is 5.91 Å². The van der Waals surface area contributed by atoms with Gasteiger partial charge in [0, 0.05) is 37.5 Å². The molecular formula is C17H24N2O5. The number of pyridine rings is 1. The van der Waals surface area contributed by atoms with Crippen LogP contribution in [0.15, 0.2) is 18.3 Å². The van der Waals surface area contributed by atoms with Crippen molar-refractivity contribution < 1.29 is 24.2 Å². The molecule has 2 heterocycles. The highest BCUT2D eigenvalue weighted by Gasteiger charge is 2.37. The lowest BCUT2D eigenvalue weighted by molar-refractivity contribution is -0.138. The summed E-state index contributed by atoms with van der Waals surface area (Å²) in [5.41, 5.74) is 0.440. The van der Waals surface area contributed by atoms with Gasteiger partial charge in [-0.2, -0.15) is 0 Å². The number of hydrogen-bond donors (Lipinski definition) is 1. The molecule has 1 amide bonds. The van der Waals surface area contributed by atoms with Gasteiger partial charge in [0.1, 0.15) is 0 Å². The Bertz CT molecular complexity index is 592. The number of rotatable bonds is 7. The van der Waals surface area contributed by atoms with Crippen LogP contribution in [-0.2, 0) is 9.53 Å². The van der Waals surface area contributed by atoms with Crippen molar-refractivity contribution in [2.45, 2.75) is 51.4 Å². The smallest absolute Gasteiger partial charge is 0.305 e. The largest absolute Gasteiger partial charge is 0.481 e. The van der Waals surface area contributed by atoms with E-state index in [-0.39, 0.29) is 30.6 Å². The maximum absolute atomic E-state index is 12.8. The Morgan fingerprint density at radius 2 is 2.25 bits per heavy atom. The van der Waals surface area contributed by atoms with Crippen LogP contribution in [0, 0.1) is 0 Å². The Morgan fingerprint density at radius 1 is 1.50 bits per heavy atom. The van der Waals surface area contributed by atoms with Crippen molar-refractivity contribution in [2.75, 3.05) is 13.7 Å².